The minimum atomic E-state index is -0.251. The first-order valence-electron chi connectivity index (χ1n) is 5.21. The first-order chi connectivity index (χ1) is 7.22. The topological polar surface area (TPSA) is 65.0 Å². The predicted molar refractivity (Wildman–Crippen MR) is 50.3 cm³/mol. The Kier molecular flexibility index (Phi) is 3.23. The molecule has 0 aromatic heterocycles. The van der Waals surface area contributed by atoms with Crippen LogP contribution in [0, 0.1) is 0 Å². The fraction of sp³-hybridized carbons (Fsp3) is 0.900. The Morgan fingerprint density at radius 3 is 2.53 bits per heavy atom. The lowest BCUT2D eigenvalue weighted by Crippen LogP contribution is -2.19. The van der Waals surface area contributed by atoms with Crippen molar-refractivity contribution in [1.29, 1.82) is 0 Å². The van der Waals surface area contributed by atoms with E-state index in [-0.39, 0.29) is 43.4 Å². The normalized spacial score (nSPS) is 39.1. The highest BCUT2D eigenvalue weighted by atomic mass is 16.6. The van der Waals surface area contributed by atoms with Gasteiger partial charge in [0.1, 0.15) is 0 Å². The molecule has 0 saturated carbocycles. The number of methoxy groups -OCH3 is 1. The first kappa shape index (κ1) is 10.9. The maximum absolute atomic E-state index is 11.0. The summed E-state index contributed by atoms with van der Waals surface area (Å²) in [5.41, 5.74) is 0. The number of fused-ring (bicyclic) bond motifs is 1. The average Bonchev–Trinajstić information content (AvgIpc) is 2.74. The van der Waals surface area contributed by atoms with Crippen LogP contribution < -0.4 is 0 Å². The molecule has 2 rings (SSSR count). The van der Waals surface area contributed by atoms with E-state index in [0.717, 1.165) is 12.8 Å². The average molecular weight is 216 g/mol. The largest absolute Gasteiger partial charge is 0.469 e. The zero-order chi connectivity index (χ0) is 10.8. The molecule has 2 saturated heterocycles. The summed E-state index contributed by atoms with van der Waals surface area (Å²) in [6.07, 6.45) is 1.62. The molecule has 86 valence electrons. The quantitative estimate of drug-likeness (QED) is 0.665. The highest BCUT2D eigenvalue weighted by molar-refractivity contribution is 5.69. The molecule has 0 unspecified atom stereocenters. The Morgan fingerprint density at radius 1 is 1.33 bits per heavy atom. The zero-order valence-corrected chi connectivity index (χ0v) is 8.72. The maximum Gasteiger partial charge on any atom is 0.308 e. The minimum Gasteiger partial charge on any atom is -0.469 e. The van der Waals surface area contributed by atoms with E-state index in [9.17, 15) is 4.79 Å². The van der Waals surface area contributed by atoms with Gasteiger partial charge in [-0.1, -0.05) is 0 Å². The van der Waals surface area contributed by atoms with E-state index >= 15 is 0 Å². The van der Waals surface area contributed by atoms with Crippen molar-refractivity contribution in [3.8, 4) is 0 Å². The van der Waals surface area contributed by atoms with E-state index in [1.165, 1.54) is 7.11 Å². The minimum absolute atomic E-state index is 0.0387. The molecule has 5 heteroatoms. The van der Waals surface area contributed by atoms with Gasteiger partial charge in [-0.05, 0) is 0 Å². The molecule has 0 amide bonds. The lowest BCUT2D eigenvalue weighted by Gasteiger charge is -2.12. The van der Waals surface area contributed by atoms with Crippen molar-refractivity contribution in [1.82, 2.24) is 0 Å². The van der Waals surface area contributed by atoms with E-state index in [4.69, 9.17) is 14.6 Å². The number of aliphatic hydroxyl groups excluding tert-OH is 1. The van der Waals surface area contributed by atoms with E-state index in [0.29, 0.717) is 0 Å². The molecule has 15 heavy (non-hydrogen) atoms. The summed E-state index contributed by atoms with van der Waals surface area (Å²) in [6.45, 7) is 0.0397. The summed E-state index contributed by atoms with van der Waals surface area (Å²) in [6, 6.07) is 0. The van der Waals surface area contributed by atoms with Crippen molar-refractivity contribution in [2.75, 3.05) is 13.7 Å². The molecule has 0 aromatic rings. The van der Waals surface area contributed by atoms with Gasteiger partial charge in [0.15, 0.2) is 0 Å². The highest BCUT2D eigenvalue weighted by Crippen LogP contribution is 2.34. The summed E-state index contributed by atoms with van der Waals surface area (Å²) in [4.78, 5) is 11.0. The van der Waals surface area contributed by atoms with Crippen LogP contribution in [0.1, 0.15) is 19.3 Å². The summed E-state index contributed by atoms with van der Waals surface area (Å²) in [7, 11) is 1.37. The Labute approximate surface area is 88.3 Å². The second-order valence-electron chi connectivity index (χ2n) is 4.03. The van der Waals surface area contributed by atoms with Crippen LogP contribution in [0.5, 0.6) is 0 Å². The molecule has 5 nitrogen and oxygen atoms in total. The van der Waals surface area contributed by atoms with Gasteiger partial charge in [-0.3, -0.25) is 4.79 Å². The third kappa shape index (κ3) is 2.30. The number of hydrogen-bond donors (Lipinski definition) is 1. The number of rotatable bonds is 3. The maximum atomic E-state index is 11.0. The molecule has 0 radical (unpaired) electrons. The molecule has 2 fully saturated rings. The van der Waals surface area contributed by atoms with E-state index < -0.39 is 0 Å². The summed E-state index contributed by atoms with van der Waals surface area (Å²) in [5.74, 6) is -0.251. The monoisotopic (exact) mass is 216 g/mol. The van der Waals surface area contributed by atoms with Crippen LogP contribution in [0.3, 0.4) is 0 Å². The van der Waals surface area contributed by atoms with E-state index in [1.807, 2.05) is 0 Å². The highest BCUT2D eigenvalue weighted by Gasteiger charge is 2.44. The van der Waals surface area contributed by atoms with Crippen LogP contribution in [0.25, 0.3) is 0 Å². The summed E-state index contributed by atoms with van der Waals surface area (Å²) < 4.78 is 15.8. The lowest BCUT2D eigenvalue weighted by molar-refractivity contribution is -0.143. The Balaban J connectivity index is 1.81. The third-order valence-electron chi connectivity index (χ3n) is 2.97. The number of aliphatic hydroxyl groups is 1. The second-order valence-corrected chi connectivity index (χ2v) is 4.03. The Bertz CT molecular complexity index is 228. The fourth-order valence-corrected chi connectivity index (χ4v) is 2.23. The number of carbonyl (C=O) groups excluding carboxylic acids is 1. The van der Waals surface area contributed by atoms with Gasteiger partial charge in [0.05, 0.1) is 44.6 Å². The number of hydrogen-bond acceptors (Lipinski definition) is 5. The number of esters is 1. The Hall–Kier alpha value is -0.650. The van der Waals surface area contributed by atoms with Crippen LogP contribution in [-0.2, 0) is 19.0 Å². The molecule has 0 aliphatic carbocycles. The van der Waals surface area contributed by atoms with Crippen LogP contribution in [0.4, 0.5) is 0 Å². The van der Waals surface area contributed by atoms with Crippen molar-refractivity contribution in [3.63, 3.8) is 0 Å². The van der Waals surface area contributed by atoms with Gasteiger partial charge < -0.3 is 19.3 Å². The van der Waals surface area contributed by atoms with Crippen LogP contribution in [0.15, 0.2) is 0 Å². The van der Waals surface area contributed by atoms with Crippen LogP contribution >= 0.6 is 0 Å². The van der Waals surface area contributed by atoms with Gasteiger partial charge in [-0.25, -0.2) is 0 Å². The smallest absolute Gasteiger partial charge is 0.308 e. The molecular weight excluding hydrogens is 200 g/mol. The lowest BCUT2D eigenvalue weighted by atomic mass is 10.1. The molecule has 0 spiro atoms. The Morgan fingerprint density at radius 2 is 1.93 bits per heavy atom. The number of ether oxygens (including phenoxy) is 3. The van der Waals surface area contributed by atoms with E-state index in [1.54, 1.807) is 0 Å². The predicted octanol–water partition coefficient (Wildman–Crippen LogP) is -0.143. The molecule has 2 aliphatic heterocycles. The van der Waals surface area contributed by atoms with Crippen LogP contribution in [-0.4, -0.2) is 49.2 Å². The van der Waals surface area contributed by atoms with Gasteiger partial charge in [-0.2, -0.15) is 0 Å². The molecule has 0 bridgehead atoms. The van der Waals surface area contributed by atoms with Crippen molar-refractivity contribution in [2.24, 2.45) is 0 Å². The SMILES string of the molecule is COC(=O)C[C@@H]1C[C@@H]2O[C@H](CO)C[C@@H]2O1. The van der Waals surface area contributed by atoms with Crippen LogP contribution in [0.2, 0.25) is 0 Å². The molecule has 1 N–H and O–H groups in total. The third-order valence-corrected chi connectivity index (χ3v) is 2.97. The van der Waals surface area contributed by atoms with Crippen molar-refractivity contribution in [2.45, 2.75) is 43.7 Å². The fourth-order valence-electron chi connectivity index (χ4n) is 2.23. The van der Waals surface area contributed by atoms with Gasteiger partial charge >= 0.3 is 5.97 Å². The van der Waals surface area contributed by atoms with E-state index in [2.05, 4.69) is 4.74 Å². The van der Waals surface area contributed by atoms with Crippen molar-refractivity contribution >= 4 is 5.97 Å². The van der Waals surface area contributed by atoms with Gasteiger partial charge in [-0.15, -0.1) is 0 Å². The molecule has 0 aromatic carbocycles. The van der Waals surface area contributed by atoms with Crippen molar-refractivity contribution in [3.05, 3.63) is 0 Å². The van der Waals surface area contributed by atoms with Gasteiger partial charge in [0, 0.05) is 12.8 Å². The summed E-state index contributed by atoms with van der Waals surface area (Å²) in [5, 5.41) is 8.92. The molecular formula is C10H16O5. The number of carbonyl (C=O) groups is 1. The molecule has 2 aliphatic rings. The van der Waals surface area contributed by atoms with Crippen molar-refractivity contribution < 1.29 is 24.1 Å². The summed E-state index contributed by atoms with van der Waals surface area (Å²) >= 11 is 0. The standard InChI is InChI=1S/C10H16O5/c1-13-10(12)4-6-2-8-9(14-6)3-7(5-11)15-8/h6-9,11H,2-5H2,1H3/t6-,7-,8-,9-/m0/s1. The second kappa shape index (κ2) is 4.47. The molecule has 4 atom stereocenters. The van der Waals surface area contributed by atoms with Gasteiger partial charge in [0.25, 0.3) is 0 Å². The first-order valence-corrected chi connectivity index (χ1v) is 5.21. The zero-order valence-electron chi connectivity index (χ0n) is 8.72. The van der Waals surface area contributed by atoms with Gasteiger partial charge in [0.2, 0.25) is 0 Å². The molecule has 2 heterocycles.